The van der Waals surface area contributed by atoms with Crippen LogP contribution in [-0.2, 0) is 9.59 Å². The molecule has 0 aromatic carbocycles. The van der Waals surface area contributed by atoms with Gasteiger partial charge in [-0.2, -0.15) is 0 Å². The molecule has 0 bridgehead atoms. The van der Waals surface area contributed by atoms with Crippen LogP contribution in [0.25, 0.3) is 0 Å². The number of carboxylic acid groups (broad SMARTS) is 2. The van der Waals surface area contributed by atoms with Crippen molar-refractivity contribution in [2.45, 2.75) is 0 Å². The van der Waals surface area contributed by atoms with Gasteiger partial charge in [-0.1, -0.05) is 0 Å². The Balaban J connectivity index is -0.000000125. The third-order valence-corrected chi connectivity index (χ3v) is 0.183. The number of carbonyl (C=O) groups is 2. The summed E-state index contributed by atoms with van der Waals surface area (Å²) in [6.07, 6.45) is 0. The van der Waals surface area contributed by atoms with Crippen molar-refractivity contribution in [1.29, 1.82) is 0 Å². The van der Waals surface area contributed by atoms with Crippen molar-refractivity contribution in [3.05, 3.63) is 0 Å². The summed E-state index contributed by atoms with van der Waals surface area (Å²) < 4.78 is 0. The van der Waals surface area contributed by atoms with E-state index in [0.29, 0.717) is 0 Å². The summed E-state index contributed by atoms with van der Waals surface area (Å²) in [5.74, 6) is -3.65. The molecule has 0 saturated carbocycles. The normalized spacial score (nSPS) is 5.50. The summed E-state index contributed by atoms with van der Waals surface area (Å²) in [4.78, 5) is 18.2. The molecule has 2 N–H and O–H groups in total. The van der Waals surface area contributed by atoms with Crippen LogP contribution >= 0.6 is 0 Å². The van der Waals surface area contributed by atoms with Gasteiger partial charge in [-0.15, -0.1) is 0 Å². The zero-order chi connectivity index (χ0) is 5.15. The van der Waals surface area contributed by atoms with Gasteiger partial charge in [0.1, 0.15) is 0 Å². The average molecular weight is 239 g/mol. The van der Waals surface area contributed by atoms with Crippen molar-refractivity contribution in [2.75, 3.05) is 0 Å². The summed E-state index contributed by atoms with van der Waals surface area (Å²) in [6.45, 7) is 0. The summed E-state index contributed by atoms with van der Waals surface area (Å²) in [5, 5.41) is 14.8. The Kier molecular flexibility index (Phi) is 14.0. The zero-order valence-electron chi connectivity index (χ0n) is 2.71. The molecule has 0 aromatic heterocycles. The van der Waals surface area contributed by atoms with E-state index < -0.39 is 11.9 Å². The molecule has 8 heavy (non-hydrogen) atoms. The van der Waals surface area contributed by atoms with Crippen molar-refractivity contribution in [1.82, 2.24) is 0 Å². The van der Waals surface area contributed by atoms with Gasteiger partial charge in [-0.25, -0.2) is 9.59 Å². The first-order valence-electron chi connectivity index (χ1n) is 1.11. The van der Waals surface area contributed by atoms with Crippen LogP contribution in [0.2, 0.25) is 0 Å². The van der Waals surface area contributed by atoms with Gasteiger partial charge in [0, 0.05) is 0 Å². The molecular weight excluding hydrogens is 230 g/mol. The summed E-state index contributed by atoms with van der Waals surface area (Å²) in [5.41, 5.74) is 0. The van der Waals surface area contributed by atoms with E-state index in [4.69, 9.17) is 19.8 Å². The van der Waals surface area contributed by atoms with Gasteiger partial charge in [0.2, 0.25) is 0 Å². The fourth-order valence-corrected chi connectivity index (χ4v) is 0. The average Bonchev–Trinajstić information content (AvgIpc) is 1.36. The Labute approximate surface area is 69.3 Å². The Bertz CT molecular complexity index is 80.0. The van der Waals surface area contributed by atoms with Crippen LogP contribution in [0.15, 0.2) is 0 Å². The Morgan fingerprint density at radius 3 is 1.12 bits per heavy atom. The minimum absolute atomic E-state index is 0. The first kappa shape index (κ1) is 15.7. The zero-order valence-corrected chi connectivity index (χ0v) is 2.71. The molecule has 0 fully saturated rings. The third kappa shape index (κ3) is 9.45. The molecule has 0 rings (SSSR count). The second-order valence-electron chi connectivity index (χ2n) is 0.610. The van der Waals surface area contributed by atoms with E-state index in [2.05, 4.69) is 0 Å². The fourth-order valence-electron chi connectivity index (χ4n) is 0. The van der Waals surface area contributed by atoms with Crippen molar-refractivity contribution in [2.24, 2.45) is 0 Å². The second kappa shape index (κ2) is 7.12. The number of aliphatic carboxylic acids is 2. The van der Waals surface area contributed by atoms with E-state index in [1.807, 2.05) is 0 Å². The van der Waals surface area contributed by atoms with E-state index in [9.17, 15) is 0 Å². The van der Waals surface area contributed by atoms with Crippen LogP contribution in [0, 0.1) is 0 Å². The van der Waals surface area contributed by atoms with Crippen LogP contribution < -0.4 is 0 Å². The van der Waals surface area contributed by atoms with Gasteiger partial charge in [-0.05, 0) is 0 Å². The summed E-state index contributed by atoms with van der Waals surface area (Å²) >= 11 is 0. The van der Waals surface area contributed by atoms with Crippen LogP contribution in [-0.4, -0.2) is 59.5 Å². The van der Waals surface area contributed by atoms with Crippen molar-refractivity contribution >= 4 is 49.3 Å². The van der Waals surface area contributed by atoms with Crippen LogP contribution in [0.1, 0.15) is 0 Å². The number of hydrogen-bond donors (Lipinski definition) is 2. The molecule has 6 heteroatoms. The molecule has 0 unspecified atom stereocenters. The van der Waals surface area contributed by atoms with E-state index in [1.54, 1.807) is 0 Å². The van der Waals surface area contributed by atoms with Gasteiger partial charge in [-0.3, -0.25) is 0 Å². The van der Waals surface area contributed by atoms with Gasteiger partial charge in [0.15, 0.2) is 0 Å². The standard InChI is InChI=1S/C2H2O4.Ga.GeH4.3H/c3-1(4)2(5)6;;;;;/h(H,3,4)(H,5,6);;1H4;;;. The van der Waals surface area contributed by atoms with Crippen LogP contribution in [0.5, 0.6) is 0 Å². The number of rotatable bonds is 0. The monoisotopic (exact) mass is 240 g/mol. The molecule has 0 spiro atoms. The van der Waals surface area contributed by atoms with Crippen molar-refractivity contribution in [3.63, 3.8) is 0 Å². The SMILES string of the molecule is O=C(O)C(=O)O.[GaH3].[GeH4]. The van der Waals surface area contributed by atoms with Crippen LogP contribution in [0.3, 0.4) is 0 Å². The molecule has 0 aliphatic carbocycles. The summed E-state index contributed by atoms with van der Waals surface area (Å²) in [6, 6.07) is 0. The predicted octanol–water partition coefficient (Wildman–Crippen LogP) is -3.48. The Hall–Kier alpha value is 0.119. The summed E-state index contributed by atoms with van der Waals surface area (Å²) in [7, 11) is 0. The minimum atomic E-state index is -1.82. The fraction of sp³-hybridized carbons (Fsp3) is 0. The van der Waals surface area contributed by atoms with Gasteiger partial charge >= 0.3 is 49.3 Å². The topological polar surface area (TPSA) is 74.6 Å². The molecule has 0 amide bonds. The maximum atomic E-state index is 9.10. The third-order valence-electron chi connectivity index (χ3n) is 0.183. The molecule has 48 valence electrons. The number of carboxylic acids is 2. The first-order chi connectivity index (χ1) is 2.64. The van der Waals surface area contributed by atoms with Gasteiger partial charge in [0.05, 0.1) is 0 Å². The van der Waals surface area contributed by atoms with Gasteiger partial charge in [0.25, 0.3) is 0 Å². The van der Waals surface area contributed by atoms with Crippen molar-refractivity contribution in [3.8, 4) is 0 Å². The van der Waals surface area contributed by atoms with E-state index >= 15 is 0 Å². The number of hydrogen-bond acceptors (Lipinski definition) is 2. The van der Waals surface area contributed by atoms with E-state index in [0.717, 1.165) is 0 Å². The van der Waals surface area contributed by atoms with E-state index in [-0.39, 0.29) is 37.4 Å². The molecule has 0 heterocycles. The van der Waals surface area contributed by atoms with Gasteiger partial charge < -0.3 is 10.2 Å². The Morgan fingerprint density at radius 1 is 1.00 bits per heavy atom. The first-order valence-corrected chi connectivity index (χ1v) is 1.11. The maximum absolute atomic E-state index is 9.10. The van der Waals surface area contributed by atoms with Crippen LogP contribution in [0.4, 0.5) is 0 Å². The molecule has 0 aliphatic heterocycles. The molecule has 0 aromatic rings. The molecule has 0 saturated heterocycles. The quantitative estimate of drug-likeness (QED) is 0.340. The second-order valence-corrected chi connectivity index (χ2v) is 0.610. The Morgan fingerprint density at radius 2 is 1.12 bits per heavy atom. The molecule has 0 aliphatic rings. The molecular formula is C2H9GaGeO4. The molecule has 0 radical (unpaired) electrons. The molecule has 4 nitrogen and oxygen atoms in total. The predicted molar refractivity (Wildman–Crippen MR) is 36.5 cm³/mol. The van der Waals surface area contributed by atoms with E-state index in [1.165, 1.54) is 0 Å². The van der Waals surface area contributed by atoms with Crippen molar-refractivity contribution < 1.29 is 19.8 Å². The molecule has 0 atom stereocenters.